The number of unbranched alkanes of at least 4 members (excludes halogenated alkanes) is 1. The molecule has 3 nitrogen and oxygen atoms in total. The highest BCUT2D eigenvalue weighted by Crippen LogP contribution is 2.15. The molecule has 0 amide bonds. The molecule has 1 rings (SSSR count). The van der Waals surface area contributed by atoms with E-state index in [0.29, 0.717) is 0 Å². The van der Waals surface area contributed by atoms with Crippen molar-refractivity contribution in [2.45, 2.75) is 26.7 Å². The van der Waals surface area contributed by atoms with E-state index in [1.807, 2.05) is 19.1 Å². The molecule has 0 aliphatic carbocycles. The summed E-state index contributed by atoms with van der Waals surface area (Å²) < 4.78 is 0. The molecule has 0 aliphatic heterocycles. The van der Waals surface area contributed by atoms with Gasteiger partial charge in [-0.05, 0) is 25.5 Å². The fraction of sp³-hybridized carbons (Fsp3) is 0.545. The molecule has 2 N–H and O–H groups in total. The molecular weight excluding hydrogens is 174 g/mol. The summed E-state index contributed by atoms with van der Waals surface area (Å²) in [5.74, 6) is 1.00. The first-order chi connectivity index (χ1) is 6.65. The number of nitrogens with zero attached hydrogens (tertiary/aromatic N) is 2. The largest absolute Gasteiger partial charge is 0.397 e. The molecule has 0 bridgehead atoms. The van der Waals surface area contributed by atoms with Gasteiger partial charge in [0.1, 0.15) is 5.82 Å². The van der Waals surface area contributed by atoms with E-state index in [0.717, 1.165) is 23.7 Å². The van der Waals surface area contributed by atoms with Gasteiger partial charge in [0, 0.05) is 13.6 Å². The number of hydrogen-bond donors (Lipinski definition) is 1. The minimum absolute atomic E-state index is 0.762. The fourth-order valence-electron chi connectivity index (χ4n) is 1.28. The maximum atomic E-state index is 5.71. The first kappa shape index (κ1) is 10.8. The van der Waals surface area contributed by atoms with E-state index in [1.54, 1.807) is 0 Å². The molecule has 3 heteroatoms. The monoisotopic (exact) mass is 193 g/mol. The Morgan fingerprint density at radius 1 is 1.43 bits per heavy atom. The van der Waals surface area contributed by atoms with Crippen LogP contribution in [0.1, 0.15) is 25.5 Å². The van der Waals surface area contributed by atoms with Crippen molar-refractivity contribution in [3.05, 3.63) is 17.8 Å². The van der Waals surface area contributed by atoms with Gasteiger partial charge < -0.3 is 10.6 Å². The summed E-state index contributed by atoms with van der Waals surface area (Å²) in [6.45, 7) is 5.18. The van der Waals surface area contributed by atoms with Gasteiger partial charge in [-0.15, -0.1) is 0 Å². The van der Waals surface area contributed by atoms with Crippen molar-refractivity contribution in [1.29, 1.82) is 0 Å². The summed E-state index contributed by atoms with van der Waals surface area (Å²) in [4.78, 5) is 6.59. The first-order valence-electron chi connectivity index (χ1n) is 5.09. The maximum Gasteiger partial charge on any atom is 0.128 e. The first-order valence-corrected chi connectivity index (χ1v) is 5.09. The lowest BCUT2D eigenvalue weighted by atomic mass is 10.3. The standard InChI is InChI=1S/C11H19N3/c1-4-5-8-14(3)11-7-6-10(12)9(2)13-11/h6-7H,4-5,8,12H2,1-3H3. The van der Waals surface area contributed by atoms with Gasteiger partial charge in [-0.1, -0.05) is 13.3 Å². The van der Waals surface area contributed by atoms with E-state index in [-0.39, 0.29) is 0 Å². The predicted molar refractivity (Wildman–Crippen MR) is 61.6 cm³/mol. The lowest BCUT2D eigenvalue weighted by Crippen LogP contribution is -2.19. The Labute approximate surface area is 85.9 Å². The third kappa shape index (κ3) is 2.62. The van der Waals surface area contributed by atoms with Crippen molar-refractivity contribution in [1.82, 2.24) is 4.98 Å². The molecule has 0 fully saturated rings. The zero-order valence-corrected chi connectivity index (χ0v) is 9.25. The van der Waals surface area contributed by atoms with Crippen LogP contribution in [0.15, 0.2) is 12.1 Å². The van der Waals surface area contributed by atoms with Crippen LogP contribution in [-0.4, -0.2) is 18.6 Å². The lowest BCUT2D eigenvalue weighted by molar-refractivity contribution is 0.758. The average Bonchev–Trinajstić information content (AvgIpc) is 2.18. The zero-order valence-electron chi connectivity index (χ0n) is 9.25. The molecule has 1 aromatic rings. The molecule has 1 heterocycles. The summed E-state index contributed by atoms with van der Waals surface area (Å²) in [5.41, 5.74) is 7.38. The second kappa shape index (κ2) is 4.84. The topological polar surface area (TPSA) is 42.1 Å². The Balaban J connectivity index is 2.70. The Hall–Kier alpha value is -1.25. The molecule has 78 valence electrons. The van der Waals surface area contributed by atoms with Crippen molar-refractivity contribution < 1.29 is 0 Å². The molecule has 0 spiro atoms. The van der Waals surface area contributed by atoms with Crippen LogP contribution in [0.4, 0.5) is 11.5 Å². The van der Waals surface area contributed by atoms with Crippen molar-refractivity contribution in [3.8, 4) is 0 Å². The van der Waals surface area contributed by atoms with Crippen LogP contribution in [-0.2, 0) is 0 Å². The highest BCUT2D eigenvalue weighted by Gasteiger charge is 2.03. The van der Waals surface area contributed by atoms with Crippen LogP contribution in [0, 0.1) is 6.92 Å². The second-order valence-electron chi connectivity index (χ2n) is 3.62. The van der Waals surface area contributed by atoms with Gasteiger partial charge in [0.15, 0.2) is 0 Å². The van der Waals surface area contributed by atoms with Gasteiger partial charge in [0.25, 0.3) is 0 Å². The molecule has 14 heavy (non-hydrogen) atoms. The molecule has 0 aromatic carbocycles. The summed E-state index contributed by atoms with van der Waals surface area (Å²) in [7, 11) is 2.06. The highest BCUT2D eigenvalue weighted by atomic mass is 15.2. The molecule has 1 aromatic heterocycles. The van der Waals surface area contributed by atoms with E-state index in [9.17, 15) is 0 Å². The number of anilines is 2. The third-order valence-electron chi connectivity index (χ3n) is 2.35. The number of hydrogen-bond acceptors (Lipinski definition) is 3. The SMILES string of the molecule is CCCCN(C)c1ccc(N)c(C)n1. The van der Waals surface area contributed by atoms with E-state index in [4.69, 9.17) is 5.73 Å². The average molecular weight is 193 g/mol. The van der Waals surface area contributed by atoms with Crippen LogP contribution < -0.4 is 10.6 Å². The van der Waals surface area contributed by atoms with Gasteiger partial charge in [0.2, 0.25) is 0 Å². The van der Waals surface area contributed by atoms with Gasteiger partial charge in [-0.2, -0.15) is 0 Å². The molecule has 0 saturated carbocycles. The number of aromatic nitrogens is 1. The molecule has 0 saturated heterocycles. The normalized spacial score (nSPS) is 10.2. The molecule has 0 unspecified atom stereocenters. The van der Waals surface area contributed by atoms with Crippen molar-refractivity contribution in [2.75, 3.05) is 24.2 Å². The fourth-order valence-corrected chi connectivity index (χ4v) is 1.28. The highest BCUT2D eigenvalue weighted by molar-refractivity contribution is 5.49. The van der Waals surface area contributed by atoms with E-state index < -0.39 is 0 Å². The van der Waals surface area contributed by atoms with E-state index in [1.165, 1.54) is 12.8 Å². The number of rotatable bonds is 4. The smallest absolute Gasteiger partial charge is 0.128 e. The summed E-state index contributed by atoms with van der Waals surface area (Å²) in [6, 6.07) is 3.89. The lowest BCUT2D eigenvalue weighted by Gasteiger charge is -2.18. The Bertz CT molecular complexity index is 297. The van der Waals surface area contributed by atoms with Gasteiger partial charge in [0.05, 0.1) is 11.4 Å². The number of pyridine rings is 1. The van der Waals surface area contributed by atoms with Gasteiger partial charge >= 0.3 is 0 Å². The van der Waals surface area contributed by atoms with Crippen LogP contribution in [0.2, 0.25) is 0 Å². The van der Waals surface area contributed by atoms with Gasteiger partial charge in [-0.25, -0.2) is 4.98 Å². The molecular formula is C11H19N3. The van der Waals surface area contributed by atoms with Crippen LogP contribution in [0.25, 0.3) is 0 Å². The van der Waals surface area contributed by atoms with E-state index in [2.05, 4.69) is 23.9 Å². The maximum absolute atomic E-state index is 5.71. The van der Waals surface area contributed by atoms with Crippen LogP contribution in [0.3, 0.4) is 0 Å². The second-order valence-corrected chi connectivity index (χ2v) is 3.62. The molecule has 0 aliphatic rings. The zero-order chi connectivity index (χ0) is 10.6. The molecule has 0 radical (unpaired) electrons. The quantitative estimate of drug-likeness (QED) is 0.797. The number of nitrogens with two attached hydrogens (primary N) is 1. The summed E-state index contributed by atoms with van der Waals surface area (Å²) >= 11 is 0. The van der Waals surface area contributed by atoms with Crippen LogP contribution in [0.5, 0.6) is 0 Å². The van der Waals surface area contributed by atoms with Crippen molar-refractivity contribution in [3.63, 3.8) is 0 Å². The summed E-state index contributed by atoms with van der Waals surface area (Å²) in [5, 5.41) is 0. The van der Waals surface area contributed by atoms with Crippen LogP contribution >= 0.6 is 0 Å². The van der Waals surface area contributed by atoms with Crippen molar-refractivity contribution in [2.24, 2.45) is 0 Å². The van der Waals surface area contributed by atoms with Gasteiger partial charge in [-0.3, -0.25) is 0 Å². The van der Waals surface area contributed by atoms with E-state index >= 15 is 0 Å². The third-order valence-corrected chi connectivity index (χ3v) is 2.35. The minimum atomic E-state index is 0.762. The Kier molecular flexibility index (Phi) is 3.74. The predicted octanol–water partition coefficient (Wildman–Crippen LogP) is 2.21. The minimum Gasteiger partial charge on any atom is -0.397 e. The number of nitrogen functional groups attached to an aromatic ring is 1. The summed E-state index contributed by atoms with van der Waals surface area (Å²) in [6.07, 6.45) is 2.40. The molecule has 0 atom stereocenters. The Morgan fingerprint density at radius 3 is 2.71 bits per heavy atom. The Morgan fingerprint density at radius 2 is 2.14 bits per heavy atom. The number of aryl methyl sites for hydroxylation is 1. The van der Waals surface area contributed by atoms with Crippen molar-refractivity contribution >= 4 is 11.5 Å².